The highest BCUT2D eigenvalue weighted by Crippen LogP contribution is 2.33. The molecule has 3 saturated heterocycles. The van der Waals surface area contributed by atoms with Crippen molar-refractivity contribution in [2.45, 2.75) is 50.1 Å². The van der Waals surface area contributed by atoms with Gasteiger partial charge in [0.05, 0.1) is 18.7 Å². The van der Waals surface area contributed by atoms with E-state index in [4.69, 9.17) is 4.74 Å². The molecule has 166 valence electrons. The maximum Gasteiger partial charge on any atom is 0.234 e. The summed E-state index contributed by atoms with van der Waals surface area (Å²) in [7, 11) is 0. The van der Waals surface area contributed by atoms with Crippen LogP contribution in [0.2, 0.25) is 0 Å². The molecule has 5 rings (SSSR count). The van der Waals surface area contributed by atoms with Gasteiger partial charge in [0.15, 0.2) is 0 Å². The molecule has 0 aliphatic carbocycles. The first kappa shape index (κ1) is 20.5. The van der Waals surface area contributed by atoms with Crippen LogP contribution in [-0.4, -0.2) is 77.6 Å². The minimum atomic E-state index is -0.0515. The molecule has 2 N–H and O–H groups in total. The molecular weight excluding hydrogens is 392 g/mol. The lowest BCUT2D eigenvalue weighted by Crippen LogP contribution is -2.67. The second kappa shape index (κ2) is 8.63. The third kappa shape index (κ3) is 4.08. The Bertz CT molecular complexity index is 941. The van der Waals surface area contributed by atoms with Gasteiger partial charge in [0.25, 0.3) is 0 Å². The van der Waals surface area contributed by atoms with E-state index in [1.807, 2.05) is 11.0 Å². The number of benzene rings is 1. The maximum absolute atomic E-state index is 12.8. The highest BCUT2D eigenvalue weighted by molar-refractivity contribution is 5.83. The van der Waals surface area contributed by atoms with Crippen LogP contribution in [0, 0.1) is 0 Å². The van der Waals surface area contributed by atoms with Crippen LogP contribution in [0.1, 0.15) is 37.7 Å². The number of piperidine rings is 1. The number of aromatic nitrogens is 1. The number of likely N-dealkylation sites (tertiary alicyclic amines) is 1. The molecule has 1 aromatic heterocycles. The molecule has 3 aliphatic rings. The van der Waals surface area contributed by atoms with Crippen LogP contribution in [0.15, 0.2) is 30.5 Å². The molecule has 0 bridgehead atoms. The van der Waals surface area contributed by atoms with Gasteiger partial charge in [-0.15, -0.1) is 0 Å². The number of hydrogen-bond acceptors (Lipinski definition) is 4. The number of rotatable bonds is 5. The smallest absolute Gasteiger partial charge is 0.234 e. The molecule has 1 aromatic carbocycles. The Morgan fingerprint density at radius 1 is 1.23 bits per heavy atom. The standard InChI is InChI=1S/C24H32N4O3/c29-22-15-28(24(16-26-22)10-13-31-17-24)19-8-11-27(12-9-19)23(30)7-3-4-18-14-25-21-6-2-1-5-20(18)21/h1-2,5-6,14,19,25H,3-4,7-13,15-17H2,(H,26,29). The first-order valence-corrected chi connectivity index (χ1v) is 11.6. The number of amides is 2. The van der Waals surface area contributed by atoms with E-state index < -0.39 is 0 Å². The van der Waals surface area contributed by atoms with Crippen molar-refractivity contribution in [3.05, 3.63) is 36.0 Å². The van der Waals surface area contributed by atoms with E-state index in [0.717, 1.165) is 57.3 Å². The van der Waals surface area contributed by atoms with Gasteiger partial charge in [-0.25, -0.2) is 0 Å². The minimum Gasteiger partial charge on any atom is -0.379 e. The summed E-state index contributed by atoms with van der Waals surface area (Å²) in [5.74, 6) is 0.363. The van der Waals surface area contributed by atoms with Gasteiger partial charge in [0.2, 0.25) is 11.8 Å². The number of carbonyl (C=O) groups excluding carboxylic acids is 2. The lowest BCUT2D eigenvalue weighted by atomic mass is 9.89. The summed E-state index contributed by atoms with van der Waals surface area (Å²) in [5.41, 5.74) is 2.39. The number of carbonyl (C=O) groups is 2. The zero-order valence-electron chi connectivity index (χ0n) is 18.1. The molecule has 3 fully saturated rings. The average Bonchev–Trinajstić information content (AvgIpc) is 3.44. The Morgan fingerprint density at radius 3 is 2.87 bits per heavy atom. The van der Waals surface area contributed by atoms with Gasteiger partial charge in [-0.05, 0) is 43.7 Å². The molecule has 4 heterocycles. The number of para-hydroxylation sites is 1. The van der Waals surface area contributed by atoms with Crippen LogP contribution in [0.3, 0.4) is 0 Å². The van der Waals surface area contributed by atoms with Crippen LogP contribution in [0.25, 0.3) is 10.9 Å². The molecule has 1 unspecified atom stereocenters. The van der Waals surface area contributed by atoms with Crippen LogP contribution >= 0.6 is 0 Å². The molecule has 1 spiro atoms. The summed E-state index contributed by atoms with van der Waals surface area (Å²) in [6.07, 6.45) is 7.28. The molecule has 2 amide bonds. The minimum absolute atomic E-state index is 0.0515. The summed E-state index contributed by atoms with van der Waals surface area (Å²) in [4.78, 5) is 32.6. The van der Waals surface area contributed by atoms with E-state index in [0.29, 0.717) is 32.2 Å². The molecule has 0 radical (unpaired) electrons. The van der Waals surface area contributed by atoms with E-state index in [1.54, 1.807) is 0 Å². The van der Waals surface area contributed by atoms with Crippen molar-refractivity contribution < 1.29 is 14.3 Å². The fourth-order valence-corrected chi connectivity index (χ4v) is 5.58. The van der Waals surface area contributed by atoms with Gasteiger partial charge in [0.1, 0.15) is 0 Å². The third-order valence-corrected chi connectivity index (χ3v) is 7.39. The van der Waals surface area contributed by atoms with Crippen molar-refractivity contribution in [1.82, 2.24) is 20.1 Å². The molecule has 2 aromatic rings. The number of aryl methyl sites for hydroxylation is 1. The number of H-pyrrole nitrogens is 1. The van der Waals surface area contributed by atoms with Crippen LogP contribution in [0.4, 0.5) is 0 Å². The normalized spacial score (nSPS) is 25.4. The van der Waals surface area contributed by atoms with E-state index in [1.165, 1.54) is 10.9 Å². The Balaban J connectivity index is 1.12. The molecule has 3 aliphatic heterocycles. The number of ether oxygens (including phenoxy) is 1. The number of fused-ring (bicyclic) bond motifs is 1. The van der Waals surface area contributed by atoms with Crippen molar-refractivity contribution in [2.24, 2.45) is 0 Å². The van der Waals surface area contributed by atoms with E-state index in [2.05, 4.69) is 39.6 Å². The van der Waals surface area contributed by atoms with Gasteiger partial charge in [0, 0.05) is 55.8 Å². The number of hydrogen-bond donors (Lipinski definition) is 2. The summed E-state index contributed by atoms with van der Waals surface area (Å²) in [5, 5.41) is 4.28. The first-order chi connectivity index (χ1) is 15.1. The third-order valence-electron chi connectivity index (χ3n) is 7.39. The molecule has 7 heteroatoms. The Hall–Kier alpha value is -2.38. The maximum atomic E-state index is 12.8. The zero-order chi connectivity index (χ0) is 21.3. The van der Waals surface area contributed by atoms with E-state index in [9.17, 15) is 9.59 Å². The number of piperazine rings is 1. The second-order valence-electron chi connectivity index (χ2n) is 9.26. The highest BCUT2D eigenvalue weighted by Gasteiger charge is 2.47. The van der Waals surface area contributed by atoms with Crippen LogP contribution in [0.5, 0.6) is 0 Å². The first-order valence-electron chi connectivity index (χ1n) is 11.6. The predicted molar refractivity (Wildman–Crippen MR) is 119 cm³/mol. The van der Waals surface area contributed by atoms with Crippen molar-refractivity contribution >= 4 is 22.7 Å². The zero-order valence-corrected chi connectivity index (χ0v) is 18.1. The van der Waals surface area contributed by atoms with Crippen LogP contribution < -0.4 is 5.32 Å². The summed E-state index contributed by atoms with van der Waals surface area (Å²) in [6, 6.07) is 8.66. The largest absolute Gasteiger partial charge is 0.379 e. The second-order valence-corrected chi connectivity index (χ2v) is 9.26. The van der Waals surface area contributed by atoms with Crippen molar-refractivity contribution in [2.75, 3.05) is 39.4 Å². The van der Waals surface area contributed by atoms with Gasteiger partial charge >= 0.3 is 0 Å². The van der Waals surface area contributed by atoms with Crippen LogP contribution in [-0.2, 0) is 20.7 Å². The van der Waals surface area contributed by atoms with E-state index >= 15 is 0 Å². The molecule has 31 heavy (non-hydrogen) atoms. The molecule has 1 atom stereocenters. The van der Waals surface area contributed by atoms with Gasteiger partial charge < -0.3 is 19.9 Å². The Kier molecular flexibility index (Phi) is 5.71. The molecule has 7 nitrogen and oxygen atoms in total. The fraction of sp³-hybridized carbons (Fsp3) is 0.583. The highest BCUT2D eigenvalue weighted by atomic mass is 16.5. The summed E-state index contributed by atoms with van der Waals surface area (Å²) in [6.45, 7) is 4.16. The lowest BCUT2D eigenvalue weighted by molar-refractivity contribution is -0.137. The number of nitrogens with zero attached hydrogens (tertiary/aromatic N) is 2. The molecule has 0 saturated carbocycles. The summed E-state index contributed by atoms with van der Waals surface area (Å²) >= 11 is 0. The Labute approximate surface area is 183 Å². The van der Waals surface area contributed by atoms with E-state index in [-0.39, 0.29) is 17.4 Å². The lowest BCUT2D eigenvalue weighted by Gasteiger charge is -2.49. The monoisotopic (exact) mass is 424 g/mol. The molecular formula is C24H32N4O3. The van der Waals surface area contributed by atoms with Gasteiger partial charge in [-0.3, -0.25) is 14.5 Å². The summed E-state index contributed by atoms with van der Waals surface area (Å²) < 4.78 is 5.70. The van der Waals surface area contributed by atoms with Crippen molar-refractivity contribution in [1.29, 1.82) is 0 Å². The number of aromatic amines is 1. The predicted octanol–water partition coefficient (Wildman–Crippen LogP) is 2.07. The van der Waals surface area contributed by atoms with Gasteiger partial charge in [-0.1, -0.05) is 18.2 Å². The fourth-order valence-electron chi connectivity index (χ4n) is 5.58. The van der Waals surface area contributed by atoms with Crippen molar-refractivity contribution in [3.8, 4) is 0 Å². The van der Waals surface area contributed by atoms with Gasteiger partial charge in [-0.2, -0.15) is 0 Å². The Morgan fingerprint density at radius 2 is 2.06 bits per heavy atom. The van der Waals surface area contributed by atoms with Crippen molar-refractivity contribution in [3.63, 3.8) is 0 Å². The SMILES string of the molecule is O=C1CN(C2CCN(C(=O)CCCc3c[nH]c4ccccc34)CC2)C2(CCOC2)CN1. The quantitative estimate of drug-likeness (QED) is 0.770. The topological polar surface area (TPSA) is 77.7 Å². The number of nitrogens with one attached hydrogen (secondary N) is 2. The average molecular weight is 425 g/mol.